The molecular formula is C14H24N2O4S. The molecule has 6 nitrogen and oxygen atoms in total. The highest BCUT2D eigenvalue weighted by atomic mass is 32.2. The van der Waals surface area contributed by atoms with E-state index < -0.39 is 26.7 Å². The number of rotatable bonds is 4. The van der Waals surface area contributed by atoms with Gasteiger partial charge in [-0.05, 0) is 45.4 Å². The Balaban J connectivity index is 2.16. The third kappa shape index (κ3) is 2.93. The van der Waals surface area contributed by atoms with Gasteiger partial charge in [0.15, 0.2) is 9.84 Å². The minimum absolute atomic E-state index is 0.0897. The van der Waals surface area contributed by atoms with Crippen molar-refractivity contribution in [2.75, 3.05) is 12.3 Å². The zero-order chi connectivity index (χ0) is 15.8. The lowest BCUT2D eigenvalue weighted by atomic mass is 9.76. The summed E-state index contributed by atoms with van der Waals surface area (Å²) in [7, 11) is -3.23. The van der Waals surface area contributed by atoms with Gasteiger partial charge in [-0.25, -0.2) is 13.2 Å². The van der Waals surface area contributed by atoms with Crippen molar-refractivity contribution in [3.63, 3.8) is 0 Å². The molecule has 0 aromatic rings. The van der Waals surface area contributed by atoms with Crippen molar-refractivity contribution >= 4 is 21.8 Å². The lowest BCUT2D eigenvalue weighted by molar-refractivity contribution is -0.128. The van der Waals surface area contributed by atoms with Gasteiger partial charge < -0.3 is 4.90 Å². The fraction of sp³-hybridized carbons (Fsp3) is 0.857. The number of sulfone groups is 1. The fourth-order valence-electron chi connectivity index (χ4n) is 3.10. The van der Waals surface area contributed by atoms with Crippen LogP contribution >= 0.6 is 0 Å². The van der Waals surface area contributed by atoms with Gasteiger partial charge in [0.1, 0.15) is 5.54 Å². The quantitative estimate of drug-likeness (QED) is 0.793. The van der Waals surface area contributed by atoms with Gasteiger partial charge >= 0.3 is 6.03 Å². The molecule has 120 valence electrons. The van der Waals surface area contributed by atoms with Crippen LogP contribution in [0, 0.1) is 5.92 Å². The van der Waals surface area contributed by atoms with Crippen LogP contribution in [0.2, 0.25) is 0 Å². The summed E-state index contributed by atoms with van der Waals surface area (Å²) < 4.78 is 23.9. The van der Waals surface area contributed by atoms with Gasteiger partial charge in [-0.3, -0.25) is 10.1 Å². The van der Waals surface area contributed by atoms with E-state index in [1.807, 2.05) is 0 Å². The number of nitrogens with zero attached hydrogens (tertiary/aromatic N) is 1. The second-order valence-electron chi connectivity index (χ2n) is 6.54. The van der Waals surface area contributed by atoms with Crippen molar-refractivity contribution in [3.8, 4) is 0 Å². The first-order valence-electron chi connectivity index (χ1n) is 7.54. The number of urea groups is 1. The largest absolute Gasteiger partial charge is 0.325 e. The lowest BCUT2D eigenvalue weighted by Gasteiger charge is -2.40. The number of nitrogens with one attached hydrogen (secondary N) is 1. The number of imide groups is 1. The highest BCUT2D eigenvalue weighted by Gasteiger charge is 2.53. The van der Waals surface area contributed by atoms with Gasteiger partial charge in [-0.2, -0.15) is 0 Å². The molecule has 2 aliphatic rings. The summed E-state index contributed by atoms with van der Waals surface area (Å²) in [4.78, 5) is 25.7. The Morgan fingerprint density at radius 1 is 1.29 bits per heavy atom. The molecular weight excluding hydrogens is 292 g/mol. The molecule has 0 radical (unpaired) electrons. The van der Waals surface area contributed by atoms with Gasteiger partial charge in [-0.1, -0.05) is 6.92 Å². The Labute approximate surface area is 126 Å². The number of hydrogen-bond donors (Lipinski definition) is 1. The van der Waals surface area contributed by atoms with Crippen molar-refractivity contribution in [3.05, 3.63) is 0 Å². The van der Waals surface area contributed by atoms with Crippen LogP contribution < -0.4 is 5.32 Å². The SMILES string of the molecule is CC1CCC2(CC1)C(=O)NC(=O)N2CCS(=O)(=O)C(C)C. The topological polar surface area (TPSA) is 83.6 Å². The maximum atomic E-state index is 12.2. The van der Waals surface area contributed by atoms with Crippen molar-refractivity contribution in [1.29, 1.82) is 0 Å². The summed E-state index contributed by atoms with van der Waals surface area (Å²) in [5, 5.41) is 1.89. The lowest BCUT2D eigenvalue weighted by Crippen LogP contribution is -2.53. The summed E-state index contributed by atoms with van der Waals surface area (Å²) in [5.41, 5.74) is -0.823. The molecule has 0 atom stereocenters. The summed E-state index contributed by atoms with van der Waals surface area (Å²) in [5.74, 6) is 0.185. The Morgan fingerprint density at radius 2 is 1.86 bits per heavy atom. The second kappa shape index (κ2) is 5.59. The first-order valence-corrected chi connectivity index (χ1v) is 9.25. The Hall–Kier alpha value is -1.11. The number of carbonyl (C=O) groups is 2. The van der Waals surface area contributed by atoms with E-state index in [1.165, 1.54) is 4.90 Å². The average Bonchev–Trinajstić information content (AvgIpc) is 2.62. The molecule has 1 N–H and O–H groups in total. The highest BCUT2D eigenvalue weighted by Crippen LogP contribution is 2.39. The summed E-state index contributed by atoms with van der Waals surface area (Å²) in [6, 6.07) is -0.450. The smallest absolute Gasteiger partial charge is 0.309 e. The second-order valence-corrected chi connectivity index (χ2v) is 9.22. The number of amides is 3. The van der Waals surface area contributed by atoms with Crippen LogP contribution in [0.15, 0.2) is 0 Å². The normalized spacial score (nSPS) is 30.3. The summed E-state index contributed by atoms with van der Waals surface area (Å²) in [6.45, 7) is 5.48. The molecule has 0 bridgehead atoms. The summed E-state index contributed by atoms with van der Waals surface area (Å²) in [6.07, 6.45) is 3.00. The third-order valence-electron chi connectivity index (χ3n) is 4.82. The van der Waals surface area contributed by atoms with Gasteiger partial charge in [0.25, 0.3) is 5.91 Å². The molecule has 2 fully saturated rings. The molecule has 2 rings (SSSR count). The zero-order valence-electron chi connectivity index (χ0n) is 12.9. The molecule has 0 aromatic carbocycles. The predicted octanol–water partition coefficient (Wildman–Crippen LogP) is 1.31. The van der Waals surface area contributed by atoms with Crippen LogP contribution in [0.3, 0.4) is 0 Å². The Kier molecular flexibility index (Phi) is 4.33. The predicted molar refractivity (Wildman–Crippen MR) is 79.5 cm³/mol. The minimum Gasteiger partial charge on any atom is -0.309 e. The van der Waals surface area contributed by atoms with Crippen LogP contribution in [-0.2, 0) is 14.6 Å². The Morgan fingerprint density at radius 3 is 2.38 bits per heavy atom. The maximum absolute atomic E-state index is 12.2. The van der Waals surface area contributed by atoms with Crippen molar-refractivity contribution in [1.82, 2.24) is 10.2 Å². The van der Waals surface area contributed by atoms with Crippen LogP contribution in [0.5, 0.6) is 0 Å². The van der Waals surface area contributed by atoms with E-state index in [2.05, 4.69) is 12.2 Å². The van der Waals surface area contributed by atoms with E-state index in [9.17, 15) is 18.0 Å². The Bertz CT molecular complexity index is 533. The molecule has 1 heterocycles. The van der Waals surface area contributed by atoms with E-state index in [1.54, 1.807) is 13.8 Å². The number of hydrogen-bond acceptors (Lipinski definition) is 4. The molecule has 1 aliphatic heterocycles. The first kappa shape index (κ1) is 16.3. The summed E-state index contributed by atoms with van der Waals surface area (Å²) >= 11 is 0. The molecule has 0 unspecified atom stereocenters. The molecule has 0 aromatic heterocycles. The molecule has 21 heavy (non-hydrogen) atoms. The molecule has 1 saturated carbocycles. The average molecular weight is 316 g/mol. The maximum Gasteiger partial charge on any atom is 0.325 e. The van der Waals surface area contributed by atoms with E-state index in [0.29, 0.717) is 18.8 Å². The third-order valence-corrected chi connectivity index (χ3v) is 7.01. The van der Waals surface area contributed by atoms with E-state index in [-0.39, 0.29) is 18.2 Å². The minimum atomic E-state index is -3.23. The van der Waals surface area contributed by atoms with Crippen molar-refractivity contribution in [2.45, 2.75) is 57.2 Å². The first-order chi connectivity index (χ1) is 9.69. The van der Waals surface area contributed by atoms with E-state index >= 15 is 0 Å². The number of carbonyl (C=O) groups excluding carboxylic acids is 2. The van der Waals surface area contributed by atoms with Gasteiger partial charge in [0.05, 0.1) is 11.0 Å². The van der Waals surface area contributed by atoms with Gasteiger partial charge in [-0.15, -0.1) is 0 Å². The fourth-order valence-corrected chi connectivity index (χ4v) is 4.01. The van der Waals surface area contributed by atoms with Crippen LogP contribution in [-0.4, -0.2) is 48.3 Å². The molecule has 7 heteroatoms. The molecule has 1 saturated heterocycles. The zero-order valence-corrected chi connectivity index (χ0v) is 13.7. The van der Waals surface area contributed by atoms with Gasteiger partial charge in [0, 0.05) is 6.54 Å². The molecule has 1 spiro atoms. The standard InChI is InChI=1S/C14H24N2O4S/c1-10(2)21(19,20)9-8-16-13(18)15-12(17)14(16)6-4-11(3)5-7-14/h10-11H,4-9H2,1-3H3,(H,15,17,18). The van der Waals surface area contributed by atoms with E-state index in [4.69, 9.17) is 0 Å². The van der Waals surface area contributed by atoms with Crippen molar-refractivity contribution < 1.29 is 18.0 Å². The molecule has 1 aliphatic carbocycles. The van der Waals surface area contributed by atoms with Crippen molar-refractivity contribution in [2.24, 2.45) is 5.92 Å². The molecule has 3 amide bonds. The van der Waals surface area contributed by atoms with Gasteiger partial charge in [0.2, 0.25) is 0 Å². The van der Waals surface area contributed by atoms with Crippen LogP contribution in [0.1, 0.15) is 46.5 Å². The van der Waals surface area contributed by atoms with Crippen LogP contribution in [0.4, 0.5) is 4.79 Å². The van der Waals surface area contributed by atoms with Crippen LogP contribution in [0.25, 0.3) is 0 Å². The highest BCUT2D eigenvalue weighted by molar-refractivity contribution is 7.92. The monoisotopic (exact) mass is 316 g/mol. The van der Waals surface area contributed by atoms with E-state index in [0.717, 1.165) is 12.8 Å².